The highest BCUT2D eigenvalue weighted by Crippen LogP contribution is 2.25. The summed E-state index contributed by atoms with van der Waals surface area (Å²) in [5.74, 6) is -0.171. The lowest BCUT2D eigenvalue weighted by molar-refractivity contribution is 0.0299. The first-order valence-electron chi connectivity index (χ1n) is 7.22. The van der Waals surface area contributed by atoms with Crippen molar-refractivity contribution in [2.24, 2.45) is 0 Å². The Morgan fingerprint density at radius 2 is 2.09 bits per heavy atom. The molecule has 0 spiro atoms. The number of hydrogen-bond donors (Lipinski definition) is 0. The van der Waals surface area contributed by atoms with Crippen molar-refractivity contribution >= 4 is 5.91 Å². The summed E-state index contributed by atoms with van der Waals surface area (Å²) in [6.07, 6.45) is 2.81. The van der Waals surface area contributed by atoms with Gasteiger partial charge < -0.3 is 14.4 Å². The second-order valence-electron chi connectivity index (χ2n) is 5.04. The van der Waals surface area contributed by atoms with E-state index in [4.69, 9.17) is 9.47 Å². The molecule has 1 saturated heterocycles. The number of aromatic nitrogens is 2. The number of carbonyl (C=O) groups is 1. The average Bonchev–Trinajstić information content (AvgIpc) is 2.62. The van der Waals surface area contributed by atoms with Crippen LogP contribution >= 0.6 is 0 Å². The lowest BCUT2D eigenvalue weighted by Gasteiger charge is -2.26. The largest absolute Gasteiger partial charge is 0.497 e. The summed E-state index contributed by atoms with van der Waals surface area (Å²) in [5, 5.41) is 0. The van der Waals surface area contributed by atoms with Crippen LogP contribution in [-0.4, -0.2) is 54.2 Å². The number of benzene rings is 1. The standard InChI is InChI=1S/C16H16FN3O3/c1-22-11-2-3-13(17)12(8-11)14-9-18-10-15(19-14)16(21)20-4-6-23-7-5-20/h2-3,8-10H,4-7H2,1H3. The molecule has 0 aliphatic carbocycles. The van der Waals surface area contributed by atoms with Crippen LogP contribution in [0.2, 0.25) is 0 Å². The quantitative estimate of drug-likeness (QED) is 0.863. The van der Waals surface area contributed by atoms with Gasteiger partial charge in [0.25, 0.3) is 5.91 Å². The lowest BCUT2D eigenvalue weighted by Crippen LogP contribution is -2.41. The maximum atomic E-state index is 14.0. The molecule has 0 radical (unpaired) electrons. The number of morpholine rings is 1. The fraction of sp³-hybridized carbons (Fsp3) is 0.312. The van der Waals surface area contributed by atoms with Crippen LogP contribution in [0.25, 0.3) is 11.3 Å². The number of amides is 1. The second kappa shape index (κ2) is 6.70. The Bertz CT molecular complexity index is 717. The molecule has 0 saturated carbocycles. The zero-order valence-corrected chi connectivity index (χ0v) is 12.7. The summed E-state index contributed by atoms with van der Waals surface area (Å²) >= 11 is 0. The lowest BCUT2D eigenvalue weighted by atomic mass is 10.1. The molecule has 1 aromatic carbocycles. The summed E-state index contributed by atoms with van der Waals surface area (Å²) in [4.78, 5) is 22.4. The SMILES string of the molecule is COc1ccc(F)c(-c2cncc(C(=O)N3CCOCC3)n2)c1. The summed E-state index contributed by atoms with van der Waals surface area (Å²) in [7, 11) is 1.50. The third-order valence-electron chi connectivity index (χ3n) is 3.60. The van der Waals surface area contributed by atoms with E-state index in [1.165, 1.54) is 37.7 Å². The highest BCUT2D eigenvalue weighted by atomic mass is 19.1. The van der Waals surface area contributed by atoms with Gasteiger partial charge in [-0.3, -0.25) is 9.78 Å². The van der Waals surface area contributed by atoms with E-state index in [0.29, 0.717) is 37.7 Å². The molecule has 1 amide bonds. The summed E-state index contributed by atoms with van der Waals surface area (Å²) in [6.45, 7) is 2.03. The van der Waals surface area contributed by atoms with E-state index >= 15 is 0 Å². The van der Waals surface area contributed by atoms with E-state index in [0.717, 1.165) is 0 Å². The Morgan fingerprint density at radius 3 is 2.83 bits per heavy atom. The molecule has 3 rings (SSSR count). The molecule has 23 heavy (non-hydrogen) atoms. The minimum atomic E-state index is -0.448. The third kappa shape index (κ3) is 3.29. The van der Waals surface area contributed by atoms with Gasteiger partial charge in [-0.2, -0.15) is 0 Å². The van der Waals surface area contributed by atoms with Gasteiger partial charge >= 0.3 is 0 Å². The van der Waals surface area contributed by atoms with Gasteiger partial charge in [0, 0.05) is 18.7 Å². The Hall–Kier alpha value is -2.54. The van der Waals surface area contributed by atoms with Crippen LogP contribution in [0, 0.1) is 5.82 Å². The smallest absolute Gasteiger partial charge is 0.274 e. The Balaban J connectivity index is 1.92. The van der Waals surface area contributed by atoms with Crippen molar-refractivity contribution in [3.05, 3.63) is 42.1 Å². The zero-order chi connectivity index (χ0) is 16.2. The number of nitrogens with zero attached hydrogens (tertiary/aromatic N) is 3. The maximum Gasteiger partial charge on any atom is 0.274 e. The van der Waals surface area contributed by atoms with Gasteiger partial charge in [0.05, 0.1) is 38.4 Å². The minimum absolute atomic E-state index is 0.187. The minimum Gasteiger partial charge on any atom is -0.497 e. The van der Waals surface area contributed by atoms with Gasteiger partial charge in [0.2, 0.25) is 0 Å². The van der Waals surface area contributed by atoms with Crippen molar-refractivity contribution in [1.29, 1.82) is 0 Å². The first kappa shape index (κ1) is 15.4. The van der Waals surface area contributed by atoms with Crippen LogP contribution < -0.4 is 4.74 Å². The van der Waals surface area contributed by atoms with Crippen molar-refractivity contribution in [2.75, 3.05) is 33.4 Å². The van der Waals surface area contributed by atoms with Gasteiger partial charge in [0.15, 0.2) is 0 Å². The molecule has 2 aromatic rings. The van der Waals surface area contributed by atoms with Crippen LogP contribution in [0.5, 0.6) is 5.75 Å². The van der Waals surface area contributed by atoms with E-state index in [-0.39, 0.29) is 17.2 Å². The van der Waals surface area contributed by atoms with Crippen LogP contribution in [0.3, 0.4) is 0 Å². The molecular formula is C16H16FN3O3. The molecule has 1 aromatic heterocycles. The van der Waals surface area contributed by atoms with Crippen molar-refractivity contribution in [2.45, 2.75) is 0 Å². The molecule has 1 fully saturated rings. The predicted molar refractivity (Wildman–Crippen MR) is 80.7 cm³/mol. The zero-order valence-electron chi connectivity index (χ0n) is 12.7. The van der Waals surface area contributed by atoms with Crippen molar-refractivity contribution in [1.82, 2.24) is 14.9 Å². The van der Waals surface area contributed by atoms with E-state index in [1.807, 2.05) is 0 Å². The highest BCUT2D eigenvalue weighted by Gasteiger charge is 2.21. The van der Waals surface area contributed by atoms with Gasteiger partial charge in [0.1, 0.15) is 17.3 Å². The molecule has 6 nitrogen and oxygen atoms in total. The van der Waals surface area contributed by atoms with E-state index in [9.17, 15) is 9.18 Å². The fourth-order valence-corrected chi connectivity index (χ4v) is 2.35. The normalized spacial score (nSPS) is 14.6. The van der Waals surface area contributed by atoms with Gasteiger partial charge in [-0.15, -0.1) is 0 Å². The monoisotopic (exact) mass is 317 g/mol. The molecule has 0 bridgehead atoms. The number of hydrogen-bond acceptors (Lipinski definition) is 5. The number of rotatable bonds is 3. The molecule has 120 valence electrons. The number of carbonyl (C=O) groups excluding carboxylic acids is 1. The molecule has 2 heterocycles. The molecule has 0 unspecified atom stereocenters. The van der Waals surface area contributed by atoms with Crippen LogP contribution in [-0.2, 0) is 4.74 Å². The Morgan fingerprint density at radius 1 is 1.30 bits per heavy atom. The molecule has 1 aliphatic rings. The first-order chi connectivity index (χ1) is 11.2. The predicted octanol–water partition coefficient (Wildman–Crippen LogP) is 1.76. The topological polar surface area (TPSA) is 64.5 Å². The molecule has 0 atom stereocenters. The summed E-state index contributed by atoms with van der Waals surface area (Å²) in [5.41, 5.74) is 0.723. The van der Waals surface area contributed by atoms with E-state index in [2.05, 4.69) is 9.97 Å². The molecular weight excluding hydrogens is 301 g/mol. The van der Waals surface area contributed by atoms with E-state index in [1.54, 1.807) is 4.90 Å². The summed E-state index contributed by atoms with van der Waals surface area (Å²) in [6, 6.07) is 4.35. The highest BCUT2D eigenvalue weighted by molar-refractivity contribution is 5.92. The van der Waals surface area contributed by atoms with Crippen LogP contribution in [0.15, 0.2) is 30.6 Å². The maximum absolute atomic E-state index is 14.0. The third-order valence-corrected chi connectivity index (χ3v) is 3.60. The Labute approximate surface area is 132 Å². The van der Waals surface area contributed by atoms with Gasteiger partial charge in [-0.1, -0.05) is 0 Å². The van der Waals surface area contributed by atoms with Gasteiger partial charge in [-0.05, 0) is 18.2 Å². The average molecular weight is 317 g/mol. The number of ether oxygens (including phenoxy) is 2. The number of methoxy groups -OCH3 is 1. The van der Waals surface area contributed by atoms with Crippen LogP contribution in [0.1, 0.15) is 10.5 Å². The summed E-state index contributed by atoms with van der Waals surface area (Å²) < 4.78 is 24.4. The molecule has 1 aliphatic heterocycles. The fourth-order valence-electron chi connectivity index (χ4n) is 2.35. The van der Waals surface area contributed by atoms with E-state index < -0.39 is 5.82 Å². The Kier molecular flexibility index (Phi) is 4.47. The van der Waals surface area contributed by atoms with Crippen LogP contribution in [0.4, 0.5) is 4.39 Å². The van der Waals surface area contributed by atoms with Crippen molar-refractivity contribution in [3.8, 4) is 17.0 Å². The van der Waals surface area contributed by atoms with Crippen molar-refractivity contribution < 1.29 is 18.7 Å². The van der Waals surface area contributed by atoms with Crippen molar-refractivity contribution in [3.63, 3.8) is 0 Å². The first-order valence-corrected chi connectivity index (χ1v) is 7.22. The second-order valence-corrected chi connectivity index (χ2v) is 5.04. The molecule has 0 N–H and O–H groups in total. The molecule has 7 heteroatoms. The van der Waals surface area contributed by atoms with Gasteiger partial charge in [-0.25, -0.2) is 9.37 Å². The number of halogens is 1.